The van der Waals surface area contributed by atoms with Crippen LogP contribution in [-0.4, -0.2) is 32.8 Å². The highest BCUT2D eigenvalue weighted by atomic mass is 31.2. The molecular formula is C31H42NO7P. The van der Waals surface area contributed by atoms with Gasteiger partial charge in [-0.25, -0.2) is 9.36 Å². The zero-order chi connectivity index (χ0) is 29.5. The molecule has 4 N–H and O–H groups in total. The first kappa shape index (κ1) is 34.6. The number of rotatable bonds is 20. The number of nitrogens with one attached hydrogen (secondary N) is 1. The molecular weight excluding hydrogens is 529 g/mol. The summed E-state index contributed by atoms with van der Waals surface area (Å²) in [6.45, 7) is 2.13. The van der Waals surface area contributed by atoms with Crippen LogP contribution >= 0.6 is 7.82 Å². The van der Waals surface area contributed by atoms with E-state index in [4.69, 9.17) is 9.79 Å². The number of carboxylic acid groups (broad SMARTS) is 1. The van der Waals surface area contributed by atoms with Crippen molar-refractivity contribution in [1.82, 2.24) is 5.32 Å². The van der Waals surface area contributed by atoms with Gasteiger partial charge in [0.1, 0.15) is 11.8 Å². The number of allylic oxidation sites excluding steroid dienone is 12. The smallest absolute Gasteiger partial charge is 0.480 e. The third-order valence-corrected chi connectivity index (χ3v) is 5.80. The largest absolute Gasteiger partial charge is 0.524 e. The molecule has 0 aliphatic carbocycles. The molecule has 218 valence electrons. The van der Waals surface area contributed by atoms with Gasteiger partial charge in [-0.05, 0) is 62.6 Å². The molecule has 40 heavy (non-hydrogen) atoms. The van der Waals surface area contributed by atoms with Gasteiger partial charge in [0, 0.05) is 12.8 Å². The lowest BCUT2D eigenvalue weighted by Crippen LogP contribution is -2.42. The van der Waals surface area contributed by atoms with E-state index in [1.165, 1.54) is 24.3 Å². The monoisotopic (exact) mass is 571 g/mol. The van der Waals surface area contributed by atoms with Crippen molar-refractivity contribution in [2.45, 2.75) is 70.8 Å². The van der Waals surface area contributed by atoms with Crippen LogP contribution in [0, 0.1) is 0 Å². The average Bonchev–Trinajstić information content (AvgIpc) is 2.89. The molecule has 0 aromatic heterocycles. The predicted molar refractivity (Wildman–Crippen MR) is 160 cm³/mol. The van der Waals surface area contributed by atoms with Crippen molar-refractivity contribution in [1.29, 1.82) is 0 Å². The third kappa shape index (κ3) is 19.6. The summed E-state index contributed by atoms with van der Waals surface area (Å²) >= 11 is 0. The Hall–Kier alpha value is -3.45. The van der Waals surface area contributed by atoms with Crippen molar-refractivity contribution in [3.63, 3.8) is 0 Å². The van der Waals surface area contributed by atoms with Crippen LogP contribution in [0.2, 0.25) is 0 Å². The summed E-state index contributed by atoms with van der Waals surface area (Å²) in [5.41, 5.74) is 0.572. The van der Waals surface area contributed by atoms with Crippen LogP contribution in [0.15, 0.2) is 97.2 Å². The molecule has 0 bridgehead atoms. The minimum Gasteiger partial charge on any atom is -0.480 e. The molecule has 0 saturated heterocycles. The number of hydrogen-bond donors (Lipinski definition) is 4. The Morgan fingerprint density at radius 1 is 0.800 bits per heavy atom. The van der Waals surface area contributed by atoms with E-state index < -0.39 is 19.8 Å². The van der Waals surface area contributed by atoms with Crippen LogP contribution in [-0.2, 0) is 20.6 Å². The van der Waals surface area contributed by atoms with E-state index in [-0.39, 0.29) is 24.5 Å². The van der Waals surface area contributed by atoms with Crippen molar-refractivity contribution in [3.8, 4) is 5.75 Å². The first-order valence-electron chi connectivity index (χ1n) is 13.5. The lowest BCUT2D eigenvalue weighted by atomic mass is 10.1. The molecule has 0 aliphatic rings. The molecule has 8 nitrogen and oxygen atoms in total. The van der Waals surface area contributed by atoms with Gasteiger partial charge in [-0.15, -0.1) is 0 Å². The van der Waals surface area contributed by atoms with Crippen LogP contribution in [0.1, 0.15) is 63.9 Å². The van der Waals surface area contributed by atoms with Gasteiger partial charge < -0.3 is 14.9 Å². The van der Waals surface area contributed by atoms with Gasteiger partial charge in [-0.3, -0.25) is 14.6 Å². The zero-order valence-electron chi connectivity index (χ0n) is 23.1. The van der Waals surface area contributed by atoms with Crippen LogP contribution < -0.4 is 9.84 Å². The Bertz CT molecular complexity index is 1100. The second-order valence-electron chi connectivity index (χ2n) is 8.84. The fourth-order valence-electron chi connectivity index (χ4n) is 3.38. The Balaban J connectivity index is 2.22. The second-order valence-corrected chi connectivity index (χ2v) is 10.0. The molecule has 0 spiro atoms. The Kier molecular flexibility index (Phi) is 18.5. The Morgan fingerprint density at radius 2 is 1.25 bits per heavy atom. The molecule has 1 rings (SSSR count). The SMILES string of the molecule is CC/C=C\C/C=C\C/C=C\C/C=C\C/C=C\C/C=C\CCC(=O)N[C@@H](Cc1ccc(OP(=O)(O)O)cc1)C(=O)O. The maximum Gasteiger partial charge on any atom is 0.524 e. The quantitative estimate of drug-likeness (QED) is 0.101. The number of carbonyl (C=O) groups excluding carboxylic acids is 1. The second kappa shape index (κ2) is 21.4. The summed E-state index contributed by atoms with van der Waals surface area (Å²) in [7, 11) is -4.67. The van der Waals surface area contributed by atoms with Gasteiger partial charge in [0.25, 0.3) is 0 Å². The number of phosphoric acid groups is 1. The number of hydrogen-bond acceptors (Lipinski definition) is 4. The van der Waals surface area contributed by atoms with Crippen molar-refractivity contribution in [2.75, 3.05) is 0 Å². The summed E-state index contributed by atoms with van der Waals surface area (Å²) in [5, 5.41) is 12.0. The van der Waals surface area contributed by atoms with Crippen molar-refractivity contribution >= 4 is 19.7 Å². The van der Waals surface area contributed by atoms with Gasteiger partial charge in [-0.2, -0.15) is 0 Å². The van der Waals surface area contributed by atoms with Crippen LogP contribution in [0.3, 0.4) is 0 Å². The summed E-state index contributed by atoms with van der Waals surface area (Å²) in [6, 6.07) is 4.52. The van der Waals surface area contributed by atoms with Gasteiger partial charge in [0.2, 0.25) is 5.91 Å². The maximum atomic E-state index is 12.2. The van der Waals surface area contributed by atoms with E-state index in [0.717, 1.165) is 38.5 Å². The third-order valence-electron chi connectivity index (χ3n) is 5.36. The van der Waals surface area contributed by atoms with Gasteiger partial charge in [0.15, 0.2) is 0 Å². The normalized spacial score (nSPS) is 13.5. The van der Waals surface area contributed by atoms with Crippen LogP contribution in [0.5, 0.6) is 5.75 Å². The van der Waals surface area contributed by atoms with E-state index in [2.05, 4.69) is 77.5 Å². The van der Waals surface area contributed by atoms with E-state index in [1.807, 2.05) is 12.2 Å². The first-order chi connectivity index (χ1) is 19.2. The summed E-state index contributed by atoms with van der Waals surface area (Å²) in [5.74, 6) is -1.57. The number of phosphoric ester groups is 1. The van der Waals surface area contributed by atoms with Gasteiger partial charge in [0.05, 0.1) is 0 Å². The number of benzene rings is 1. The van der Waals surface area contributed by atoms with E-state index in [0.29, 0.717) is 12.0 Å². The van der Waals surface area contributed by atoms with Crippen molar-refractivity contribution in [2.24, 2.45) is 0 Å². The standard InChI is InChI=1S/C31H42NO7P/c1-2-3-4-5-6-7-8-9-10-11-12-13-14-15-16-17-18-19-20-21-30(33)32-29(31(34)35)26-27-22-24-28(25-23-27)39-40(36,37)38/h3-4,6-7,9-10,12-13,15-16,18-19,22-25,29H,2,5,8,11,14,17,20-21,26H2,1H3,(H,32,33)(H,34,35)(H2,36,37,38)/b4-3-,7-6-,10-9-,13-12-,16-15-,19-18-/t29-/m0/s1. The fraction of sp³-hybridized carbons (Fsp3) is 0.355. The summed E-state index contributed by atoms with van der Waals surface area (Å²) in [4.78, 5) is 41.4. The first-order valence-corrected chi connectivity index (χ1v) is 15.0. The summed E-state index contributed by atoms with van der Waals surface area (Å²) < 4.78 is 15.3. The number of amides is 1. The van der Waals surface area contributed by atoms with Crippen LogP contribution in [0.4, 0.5) is 0 Å². The maximum absolute atomic E-state index is 12.2. The molecule has 0 fully saturated rings. The number of aliphatic carboxylic acids is 1. The summed E-state index contributed by atoms with van der Waals surface area (Å²) in [6.07, 6.45) is 31.6. The molecule has 9 heteroatoms. The minimum absolute atomic E-state index is 0.0250. The van der Waals surface area contributed by atoms with Gasteiger partial charge >= 0.3 is 13.8 Å². The molecule has 0 saturated carbocycles. The average molecular weight is 572 g/mol. The van der Waals surface area contributed by atoms with E-state index in [9.17, 15) is 19.3 Å². The molecule has 0 heterocycles. The van der Waals surface area contributed by atoms with Gasteiger partial charge in [-0.1, -0.05) is 92.0 Å². The van der Waals surface area contributed by atoms with E-state index in [1.54, 1.807) is 0 Å². The Morgan fingerprint density at radius 3 is 1.68 bits per heavy atom. The number of carbonyl (C=O) groups is 2. The van der Waals surface area contributed by atoms with E-state index >= 15 is 0 Å². The highest BCUT2D eigenvalue weighted by Crippen LogP contribution is 2.37. The highest BCUT2D eigenvalue weighted by Gasteiger charge is 2.20. The van der Waals surface area contributed by atoms with Crippen LogP contribution in [0.25, 0.3) is 0 Å². The fourth-order valence-corrected chi connectivity index (χ4v) is 3.78. The Labute approximate surface area is 237 Å². The minimum atomic E-state index is -4.67. The lowest BCUT2D eigenvalue weighted by molar-refractivity contribution is -0.141. The van der Waals surface area contributed by atoms with Crippen molar-refractivity contribution < 1.29 is 33.6 Å². The van der Waals surface area contributed by atoms with Crippen molar-refractivity contribution in [3.05, 3.63) is 103 Å². The molecule has 1 atom stereocenters. The number of carboxylic acids is 1. The zero-order valence-corrected chi connectivity index (χ0v) is 24.0. The molecule has 0 unspecified atom stereocenters. The molecule has 1 aromatic rings. The lowest BCUT2D eigenvalue weighted by Gasteiger charge is -2.15. The molecule has 1 aromatic carbocycles. The molecule has 1 amide bonds. The molecule has 0 aliphatic heterocycles. The highest BCUT2D eigenvalue weighted by molar-refractivity contribution is 7.46. The topological polar surface area (TPSA) is 133 Å². The molecule has 0 radical (unpaired) electrons. The predicted octanol–water partition coefficient (Wildman–Crippen LogP) is 6.75.